The third kappa shape index (κ3) is 5.75. The SMILES string of the molecule is CC(C)NCCOCCc1ccc([N+](=O)[O-])cc1. The number of benzene rings is 1. The molecule has 0 bridgehead atoms. The largest absolute Gasteiger partial charge is 0.380 e. The lowest BCUT2D eigenvalue weighted by atomic mass is 10.1. The Morgan fingerprint density at radius 2 is 1.94 bits per heavy atom. The molecule has 5 heteroatoms. The van der Waals surface area contributed by atoms with Crippen molar-refractivity contribution in [3.8, 4) is 0 Å². The zero-order valence-electron chi connectivity index (χ0n) is 10.9. The maximum atomic E-state index is 10.5. The van der Waals surface area contributed by atoms with Gasteiger partial charge in [-0.2, -0.15) is 0 Å². The summed E-state index contributed by atoms with van der Waals surface area (Å²) in [5.41, 5.74) is 1.18. The van der Waals surface area contributed by atoms with E-state index >= 15 is 0 Å². The predicted molar refractivity (Wildman–Crippen MR) is 70.8 cm³/mol. The van der Waals surface area contributed by atoms with Crippen LogP contribution in [0.4, 0.5) is 5.69 Å². The van der Waals surface area contributed by atoms with Crippen molar-refractivity contribution >= 4 is 5.69 Å². The van der Waals surface area contributed by atoms with E-state index in [9.17, 15) is 10.1 Å². The zero-order valence-corrected chi connectivity index (χ0v) is 10.9. The Labute approximate surface area is 107 Å². The number of nitrogens with one attached hydrogen (secondary N) is 1. The number of rotatable bonds is 8. The van der Waals surface area contributed by atoms with Gasteiger partial charge in [0.15, 0.2) is 0 Å². The summed E-state index contributed by atoms with van der Waals surface area (Å²) in [7, 11) is 0. The number of non-ortho nitro benzene ring substituents is 1. The quantitative estimate of drug-likeness (QED) is 0.437. The lowest BCUT2D eigenvalue weighted by Crippen LogP contribution is -2.26. The van der Waals surface area contributed by atoms with Crippen molar-refractivity contribution in [2.75, 3.05) is 19.8 Å². The molecule has 0 aliphatic carbocycles. The van der Waals surface area contributed by atoms with Gasteiger partial charge in [0, 0.05) is 24.7 Å². The molecule has 0 aromatic heterocycles. The Kier molecular flexibility index (Phi) is 6.32. The summed E-state index contributed by atoms with van der Waals surface area (Å²) in [4.78, 5) is 10.1. The van der Waals surface area contributed by atoms with Gasteiger partial charge in [0.05, 0.1) is 18.1 Å². The minimum Gasteiger partial charge on any atom is -0.380 e. The molecular formula is C13H20N2O3. The molecule has 0 saturated carbocycles. The second-order valence-electron chi connectivity index (χ2n) is 4.39. The van der Waals surface area contributed by atoms with E-state index in [1.807, 2.05) is 0 Å². The predicted octanol–water partition coefficient (Wildman–Crippen LogP) is 2.15. The van der Waals surface area contributed by atoms with Crippen molar-refractivity contribution < 1.29 is 9.66 Å². The van der Waals surface area contributed by atoms with Gasteiger partial charge in [-0.1, -0.05) is 26.0 Å². The summed E-state index contributed by atoms with van der Waals surface area (Å²) in [5.74, 6) is 0. The Bertz CT molecular complexity index is 363. The first-order valence-corrected chi connectivity index (χ1v) is 6.14. The fourth-order valence-electron chi connectivity index (χ4n) is 1.50. The van der Waals surface area contributed by atoms with E-state index in [2.05, 4.69) is 19.2 Å². The number of nitro groups is 1. The van der Waals surface area contributed by atoms with E-state index < -0.39 is 4.92 Å². The van der Waals surface area contributed by atoms with Crippen LogP contribution in [0.2, 0.25) is 0 Å². The first-order chi connectivity index (χ1) is 8.59. The van der Waals surface area contributed by atoms with Gasteiger partial charge < -0.3 is 10.1 Å². The molecule has 1 aromatic carbocycles. The van der Waals surface area contributed by atoms with E-state index in [0.717, 1.165) is 18.5 Å². The Morgan fingerprint density at radius 3 is 2.50 bits per heavy atom. The molecule has 0 aliphatic heterocycles. The third-order valence-electron chi connectivity index (χ3n) is 2.48. The average Bonchev–Trinajstić information content (AvgIpc) is 2.34. The summed E-state index contributed by atoms with van der Waals surface area (Å²) in [5, 5.41) is 13.7. The van der Waals surface area contributed by atoms with Crippen LogP contribution >= 0.6 is 0 Å². The summed E-state index contributed by atoms with van der Waals surface area (Å²) < 4.78 is 5.47. The highest BCUT2D eigenvalue weighted by Gasteiger charge is 2.03. The maximum absolute atomic E-state index is 10.5. The lowest BCUT2D eigenvalue weighted by Gasteiger charge is -2.08. The molecule has 0 atom stereocenters. The zero-order chi connectivity index (χ0) is 13.4. The number of hydrogen-bond donors (Lipinski definition) is 1. The van der Waals surface area contributed by atoms with Gasteiger partial charge in [0.2, 0.25) is 0 Å². The smallest absolute Gasteiger partial charge is 0.269 e. The summed E-state index contributed by atoms with van der Waals surface area (Å²) >= 11 is 0. The van der Waals surface area contributed by atoms with E-state index in [0.29, 0.717) is 19.3 Å². The van der Waals surface area contributed by atoms with Crippen molar-refractivity contribution in [1.82, 2.24) is 5.32 Å². The average molecular weight is 252 g/mol. The van der Waals surface area contributed by atoms with Crippen molar-refractivity contribution in [3.05, 3.63) is 39.9 Å². The highest BCUT2D eigenvalue weighted by molar-refractivity contribution is 5.32. The van der Waals surface area contributed by atoms with Crippen molar-refractivity contribution in [3.63, 3.8) is 0 Å². The van der Waals surface area contributed by atoms with E-state index in [1.165, 1.54) is 12.1 Å². The lowest BCUT2D eigenvalue weighted by molar-refractivity contribution is -0.384. The summed E-state index contributed by atoms with van der Waals surface area (Å²) in [6.07, 6.45) is 0.777. The van der Waals surface area contributed by atoms with Crippen LogP contribution in [0.1, 0.15) is 19.4 Å². The molecule has 0 aliphatic rings. The van der Waals surface area contributed by atoms with Crippen LogP contribution in [0.3, 0.4) is 0 Å². The molecule has 0 amide bonds. The van der Waals surface area contributed by atoms with Crippen molar-refractivity contribution in [2.24, 2.45) is 0 Å². The molecular weight excluding hydrogens is 232 g/mol. The highest BCUT2D eigenvalue weighted by Crippen LogP contribution is 2.12. The van der Waals surface area contributed by atoms with Gasteiger partial charge in [-0.15, -0.1) is 0 Å². The van der Waals surface area contributed by atoms with E-state index in [4.69, 9.17) is 4.74 Å². The molecule has 18 heavy (non-hydrogen) atoms. The molecule has 1 N–H and O–H groups in total. The molecule has 0 heterocycles. The summed E-state index contributed by atoms with van der Waals surface area (Å²) in [6.45, 7) is 6.36. The number of nitro benzene ring substituents is 1. The molecule has 0 spiro atoms. The second kappa shape index (κ2) is 7.79. The van der Waals surface area contributed by atoms with Gasteiger partial charge in [0.1, 0.15) is 0 Å². The topological polar surface area (TPSA) is 64.4 Å². The van der Waals surface area contributed by atoms with Crippen LogP contribution in [0.5, 0.6) is 0 Å². The monoisotopic (exact) mass is 252 g/mol. The first-order valence-electron chi connectivity index (χ1n) is 6.14. The van der Waals surface area contributed by atoms with E-state index in [-0.39, 0.29) is 5.69 Å². The minimum absolute atomic E-state index is 0.126. The summed E-state index contributed by atoms with van der Waals surface area (Å²) in [6, 6.07) is 7.07. The molecule has 5 nitrogen and oxygen atoms in total. The molecule has 100 valence electrons. The molecule has 0 saturated heterocycles. The molecule has 1 rings (SSSR count). The fourth-order valence-corrected chi connectivity index (χ4v) is 1.50. The highest BCUT2D eigenvalue weighted by atomic mass is 16.6. The Balaban J connectivity index is 2.17. The van der Waals surface area contributed by atoms with Gasteiger partial charge in [-0.3, -0.25) is 10.1 Å². The van der Waals surface area contributed by atoms with Gasteiger partial charge in [-0.25, -0.2) is 0 Å². The van der Waals surface area contributed by atoms with Gasteiger partial charge in [0.25, 0.3) is 5.69 Å². The van der Waals surface area contributed by atoms with Gasteiger partial charge >= 0.3 is 0 Å². The minimum atomic E-state index is -0.391. The Hall–Kier alpha value is -1.46. The first kappa shape index (κ1) is 14.6. The van der Waals surface area contributed by atoms with Crippen molar-refractivity contribution in [1.29, 1.82) is 0 Å². The molecule has 0 fully saturated rings. The third-order valence-corrected chi connectivity index (χ3v) is 2.48. The number of nitrogens with zero attached hydrogens (tertiary/aromatic N) is 1. The standard InChI is InChI=1S/C13H20N2O3/c1-11(2)14-8-10-18-9-7-12-3-5-13(6-4-12)15(16)17/h3-6,11,14H,7-10H2,1-2H3. The van der Waals surface area contributed by atoms with Gasteiger partial charge in [-0.05, 0) is 12.0 Å². The normalized spacial score (nSPS) is 10.8. The van der Waals surface area contributed by atoms with Crippen LogP contribution in [-0.4, -0.2) is 30.7 Å². The molecule has 0 radical (unpaired) electrons. The fraction of sp³-hybridized carbons (Fsp3) is 0.538. The van der Waals surface area contributed by atoms with Crippen LogP contribution < -0.4 is 5.32 Å². The molecule has 1 aromatic rings. The van der Waals surface area contributed by atoms with Crippen LogP contribution in [0, 0.1) is 10.1 Å². The van der Waals surface area contributed by atoms with E-state index in [1.54, 1.807) is 12.1 Å². The Morgan fingerprint density at radius 1 is 1.28 bits per heavy atom. The number of ether oxygens (including phenoxy) is 1. The molecule has 0 unspecified atom stereocenters. The van der Waals surface area contributed by atoms with Crippen LogP contribution in [0.25, 0.3) is 0 Å². The van der Waals surface area contributed by atoms with Crippen LogP contribution in [-0.2, 0) is 11.2 Å². The second-order valence-corrected chi connectivity index (χ2v) is 4.39. The van der Waals surface area contributed by atoms with Crippen molar-refractivity contribution in [2.45, 2.75) is 26.3 Å². The van der Waals surface area contributed by atoms with Crippen LogP contribution in [0.15, 0.2) is 24.3 Å². The maximum Gasteiger partial charge on any atom is 0.269 e. The number of hydrogen-bond acceptors (Lipinski definition) is 4.